The molecule has 1 aromatic carbocycles. The zero-order chi connectivity index (χ0) is 19.4. The maximum absolute atomic E-state index is 12.1. The van der Waals surface area contributed by atoms with Crippen molar-refractivity contribution in [1.29, 1.82) is 0 Å². The molecule has 0 saturated carbocycles. The molecule has 1 aromatic heterocycles. The molecular formula is C20H24N4O3. The predicted molar refractivity (Wildman–Crippen MR) is 101 cm³/mol. The van der Waals surface area contributed by atoms with Crippen LogP contribution in [0.1, 0.15) is 27.5 Å². The molecule has 1 N–H and O–H groups in total. The summed E-state index contributed by atoms with van der Waals surface area (Å²) in [6.07, 6.45) is 4.29. The van der Waals surface area contributed by atoms with E-state index < -0.39 is 0 Å². The summed E-state index contributed by atoms with van der Waals surface area (Å²) in [4.78, 5) is 25.6. The van der Waals surface area contributed by atoms with Gasteiger partial charge < -0.3 is 15.0 Å². The molecule has 142 valence electrons. The highest BCUT2D eigenvalue weighted by atomic mass is 16.5. The van der Waals surface area contributed by atoms with Gasteiger partial charge in [-0.25, -0.2) is 0 Å². The first-order chi connectivity index (χ1) is 13.0. The Balaban J connectivity index is 1.77. The van der Waals surface area contributed by atoms with Crippen molar-refractivity contribution in [1.82, 2.24) is 20.0 Å². The number of nitrogens with one attached hydrogen (secondary N) is 1. The molecule has 1 aliphatic rings. The Kier molecular flexibility index (Phi) is 5.71. The van der Waals surface area contributed by atoms with Crippen molar-refractivity contribution in [3.05, 3.63) is 66.0 Å². The molecular weight excluding hydrogens is 344 g/mol. The Morgan fingerprint density at radius 1 is 1.41 bits per heavy atom. The van der Waals surface area contributed by atoms with E-state index in [1.165, 1.54) is 17.8 Å². The van der Waals surface area contributed by atoms with Crippen molar-refractivity contribution in [2.24, 2.45) is 0 Å². The van der Waals surface area contributed by atoms with Gasteiger partial charge in [-0.1, -0.05) is 36.4 Å². The number of rotatable bonds is 6. The zero-order valence-corrected chi connectivity index (χ0v) is 15.6. The van der Waals surface area contributed by atoms with Crippen LogP contribution in [0, 0.1) is 6.92 Å². The highest BCUT2D eigenvalue weighted by Crippen LogP contribution is 2.26. The number of aryl methyl sites for hydroxylation is 1. The molecule has 0 bridgehead atoms. The number of ether oxygens (including phenoxy) is 1. The Bertz CT molecular complexity index is 845. The zero-order valence-electron chi connectivity index (χ0n) is 15.6. The summed E-state index contributed by atoms with van der Waals surface area (Å²) >= 11 is 0. The molecule has 0 aliphatic carbocycles. The van der Waals surface area contributed by atoms with Crippen LogP contribution in [-0.4, -0.2) is 52.7 Å². The first-order valence-electron chi connectivity index (χ1n) is 8.86. The summed E-state index contributed by atoms with van der Waals surface area (Å²) in [6, 6.07) is 7.96. The van der Waals surface area contributed by atoms with Crippen molar-refractivity contribution in [3.8, 4) is 0 Å². The maximum atomic E-state index is 12.1. The van der Waals surface area contributed by atoms with Crippen LogP contribution in [0.2, 0.25) is 0 Å². The van der Waals surface area contributed by atoms with Gasteiger partial charge in [0.1, 0.15) is 0 Å². The molecule has 2 aromatic rings. The summed E-state index contributed by atoms with van der Waals surface area (Å²) in [5, 5.41) is 6.90. The highest BCUT2D eigenvalue weighted by Gasteiger charge is 2.37. The van der Waals surface area contributed by atoms with Gasteiger partial charge >= 0.3 is 0 Å². The molecule has 7 nitrogen and oxygen atoms in total. The number of benzene rings is 1. The number of hydrogen-bond donors (Lipinski definition) is 1. The van der Waals surface area contributed by atoms with Crippen LogP contribution in [0.5, 0.6) is 0 Å². The Hall–Kier alpha value is -2.93. The van der Waals surface area contributed by atoms with Crippen LogP contribution in [0.4, 0.5) is 0 Å². The van der Waals surface area contributed by atoms with E-state index in [1.54, 1.807) is 22.8 Å². The number of hydrogen-bond acceptors (Lipinski definition) is 4. The molecule has 0 unspecified atom stereocenters. The summed E-state index contributed by atoms with van der Waals surface area (Å²) in [5.41, 5.74) is 2.72. The molecule has 7 heteroatoms. The van der Waals surface area contributed by atoms with Gasteiger partial charge in [0, 0.05) is 26.3 Å². The normalized spacial score (nSPS) is 19.1. The van der Waals surface area contributed by atoms with Gasteiger partial charge in [-0.15, -0.1) is 0 Å². The summed E-state index contributed by atoms with van der Waals surface area (Å²) in [5.74, 6) is -0.337. The van der Waals surface area contributed by atoms with E-state index >= 15 is 0 Å². The van der Waals surface area contributed by atoms with E-state index in [1.807, 2.05) is 25.1 Å². The van der Waals surface area contributed by atoms with Crippen molar-refractivity contribution in [2.75, 3.05) is 20.1 Å². The molecule has 3 rings (SSSR count). The van der Waals surface area contributed by atoms with E-state index in [9.17, 15) is 9.59 Å². The van der Waals surface area contributed by atoms with Gasteiger partial charge in [-0.3, -0.25) is 14.3 Å². The fraction of sp³-hybridized carbons (Fsp3) is 0.350. The third kappa shape index (κ3) is 4.25. The van der Waals surface area contributed by atoms with Gasteiger partial charge in [0.25, 0.3) is 5.91 Å². The second-order valence-electron chi connectivity index (χ2n) is 6.64. The summed E-state index contributed by atoms with van der Waals surface area (Å²) < 4.78 is 7.85. The van der Waals surface area contributed by atoms with Crippen molar-refractivity contribution < 1.29 is 14.3 Å². The number of carbonyl (C=O) groups is 2. The fourth-order valence-electron chi connectivity index (χ4n) is 3.27. The topological polar surface area (TPSA) is 76.5 Å². The molecule has 27 heavy (non-hydrogen) atoms. The minimum atomic E-state index is -0.230. The summed E-state index contributed by atoms with van der Waals surface area (Å²) in [6.45, 7) is 6.96. The Morgan fingerprint density at radius 3 is 2.93 bits per heavy atom. The van der Waals surface area contributed by atoms with E-state index in [0.29, 0.717) is 25.3 Å². The SMILES string of the molecule is C=CC(=O)N1C[C@@H](n2cc(C(=O)NC)cn2)[C@H](OCc2cccc(C)c2)C1. The average molecular weight is 368 g/mol. The maximum Gasteiger partial charge on any atom is 0.254 e. The van der Waals surface area contributed by atoms with Gasteiger partial charge in [-0.2, -0.15) is 5.10 Å². The van der Waals surface area contributed by atoms with Gasteiger partial charge in [0.15, 0.2) is 0 Å². The van der Waals surface area contributed by atoms with Gasteiger partial charge in [0.2, 0.25) is 5.91 Å². The van der Waals surface area contributed by atoms with Gasteiger partial charge in [-0.05, 0) is 18.6 Å². The Labute approximate surface area is 158 Å². The first kappa shape index (κ1) is 18.8. The predicted octanol–water partition coefficient (Wildman–Crippen LogP) is 1.71. The lowest BCUT2D eigenvalue weighted by atomic mass is 10.1. The molecule has 2 heterocycles. The largest absolute Gasteiger partial charge is 0.369 e. The van der Waals surface area contributed by atoms with Crippen LogP contribution in [0.3, 0.4) is 0 Å². The first-order valence-corrected chi connectivity index (χ1v) is 8.86. The number of nitrogens with zero attached hydrogens (tertiary/aromatic N) is 3. The third-order valence-corrected chi connectivity index (χ3v) is 4.70. The fourth-order valence-corrected chi connectivity index (χ4v) is 3.27. The lowest BCUT2D eigenvalue weighted by Crippen LogP contribution is -2.28. The number of likely N-dealkylation sites (tertiary alicyclic amines) is 1. The second kappa shape index (κ2) is 8.18. The van der Waals surface area contributed by atoms with E-state index in [0.717, 1.165) is 5.56 Å². The minimum Gasteiger partial charge on any atom is -0.369 e. The molecule has 1 saturated heterocycles. The molecule has 2 amide bonds. The smallest absolute Gasteiger partial charge is 0.254 e. The van der Waals surface area contributed by atoms with Crippen LogP contribution >= 0.6 is 0 Å². The van der Waals surface area contributed by atoms with Crippen molar-refractivity contribution in [2.45, 2.75) is 25.7 Å². The third-order valence-electron chi connectivity index (χ3n) is 4.70. The van der Waals surface area contributed by atoms with Crippen LogP contribution < -0.4 is 5.32 Å². The molecule has 0 spiro atoms. The molecule has 1 aliphatic heterocycles. The van der Waals surface area contributed by atoms with Crippen molar-refractivity contribution >= 4 is 11.8 Å². The number of amides is 2. The molecule has 1 fully saturated rings. The van der Waals surface area contributed by atoms with Crippen LogP contribution in [0.15, 0.2) is 49.3 Å². The quantitative estimate of drug-likeness (QED) is 0.788. The standard InChI is InChI=1S/C20H24N4O3/c1-4-19(25)23-11-17(24-10-16(9-22-24)20(26)21-3)18(12-23)27-13-15-7-5-6-14(2)8-15/h4-10,17-18H,1,11-13H2,2-3H3,(H,21,26)/t17-,18-/m1/s1. The number of aromatic nitrogens is 2. The average Bonchev–Trinajstić information content (AvgIpc) is 3.32. The second-order valence-corrected chi connectivity index (χ2v) is 6.64. The lowest BCUT2D eigenvalue weighted by Gasteiger charge is -2.19. The molecule has 0 radical (unpaired) electrons. The summed E-state index contributed by atoms with van der Waals surface area (Å²) in [7, 11) is 1.58. The number of carbonyl (C=O) groups excluding carboxylic acids is 2. The van der Waals surface area contributed by atoms with Crippen LogP contribution in [0.25, 0.3) is 0 Å². The lowest BCUT2D eigenvalue weighted by molar-refractivity contribution is -0.125. The highest BCUT2D eigenvalue weighted by molar-refractivity contribution is 5.93. The molecule has 2 atom stereocenters. The monoisotopic (exact) mass is 368 g/mol. The van der Waals surface area contributed by atoms with E-state index in [4.69, 9.17) is 4.74 Å². The minimum absolute atomic E-state index is 0.139. The van der Waals surface area contributed by atoms with Gasteiger partial charge in [0.05, 0.1) is 30.5 Å². The van der Waals surface area contributed by atoms with E-state index in [-0.39, 0.29) is 24.0 Å². The van der Waals surface area contributed by atoms with Crippen LogP contribution in [-0.2, 0) is 16.1 Å². The van der Waals surface area contributed by atoms with E-state index in [2.05, 4.69) is 23.1 Å². The van der Waals surface area contributed by atoms with Crippen molar-refractivity contribution in [3.63, 3.8) is 0 Å². The Morgan fingerprint density at radius 2 is 2.22 bits per heavy atom.